The van der Waals surface area contributed by atoms with Crippen LogP contribution in [0, 0.1) is 26.7 Å². The molecule has 2 atom stereocenters. The van der Waals surface area contributed by atoms with Gasteiger partial charge in [0.1, 0.15) is 0 Å². The number of rotatable bonds is 4. The predicted molar refractivity (Wildman–Crippen MR) is 69.8 cm³/mol. The Morgan fingerprint density at radius 2 is 1.62 bits per heavy atom. The molecule has 2 unspecified atom stereocenters. The SMILES string of the molecule is CCC(Cc1c(C)cc(C)cc1C)C(C)O. The molecule has 1 heteroatoms. The Morgan fingerprint density at radius 1 is 1.12 bits per heavy atom. The summed E-state index contributed by atoms with van der Waals surface area (Å²) in [6, 6.07) is 4.47. The van der Waals surface area contributed by atoms with Gasteiger partial charge in [-0.15, -0.1) is 0 Å². The number of aliphatic hydroxyl groups is 1. The zero-order valence-electron chi connectivity index (χ0n) is 11.2. The fourth-order valence-corrected chi connectivity index (χ4v) is 2.45. The fourth-order valence-electron chi connectivity index (χ4n) is 2.45. The Morgan fingerprint density at radius 3 is 2.00 bits per heavy atom. The minimum absolute atomic E-state index is 0.217. The van der Waals surface area contributed by atoms with Crippen LogP contribution in [0.25, 0.3) is 0 Å². The largest absolute Gasteiger partial charge is 0.393 e. The van der Waals surface area contributed by atoms with E-state index in [1.54, 1.807) is 0 Å². The van der Waals surface area contributed by atoms with Gasteiger partial charge >= 0.3 is 0 Å². The summed E-state index contributed by atoms with van der Waals surface area (Å²) < 4.78 is 0. The van der Waals surface area contributed by atoms with Gasteiger partial charge in [-0.25, -0.2) is 0 Å². The summed E-state index contributed by atoms with van der Waals surface area (Å²) in [4.78, 5) is 0. The van der Waals surface area contributed by atoms with Crippen molar-refractivity contribution in [2.45, 2.75) is 53.6 Å². The van der Waals surface area contributed by atoms with E-state index in [9.17, 15) is 5.11 Å². The van der Waals surface area contributed by atoms with Gasteiger partial charge in [0.25, 0.3) is 0 Å². The first-order chi connectivity index (χ1) is 7.45. The number of aliphatic hydroxyl groups excluding tert-OH is 1. The van der Waals surface area contributed by atoms with Crippen LogP contribution in [0.3, 0.4) is 0 Å². The fraction of sp³-hybridized carbons (Fsp3) is 0.600. The molecule has 0 bridgehead atoms. The van der Waals surface area contributed by atoms with E-state index in [1.807, 2.05) is 6.92 Å². The molecule has 0 saturated heterocycles. The molecule has 0 saturated carbocycles. The highest BCUT2D eigenvalue weighted by Gasteiger charge is 2.15. The minimum Gasteiger partial charge on any atom is -0.393 e. The summed E-state index contributed by atoms with van der Waals surface area (Å²) in [6.45, 7) is 10.5. The molecule has 1 N–H and O–H groups in total. The number of aryl methyl sites for hydroxylation is 3. The van der Waals surface area contributed by atoms with Gasteiger partial charge in [-0.1, -0.05) is 31.0 Å². The monoisotopic (exact) mass is 220 g/mol. The van der Waals surface area contributed by atoms with E-state index in [0.29, 0.717) is 5.92 Å². The molecule has 0 aliphatic rings. The normalized spacial score (nSPS) is 14.9. The summed E-state index contributed by atoms with van der Waals surface area (Å²) >= 11 is 0. The predicted octanol–water partition coefficient (Wildman–Crippen LogP) is 3.56. The van der Waals surface area contributed by atoms with Crippen molar-refractivity contribution in [3.05, 3.63) is 34.4 Å². The molecule has 0 aliphatic carbocycles. The van der Waals surface area contributed by atoms with Gasteiger partial charge < -0.3 is 5.11 Å². The third-order valence-corrected chi connectivity index (χ3v) is 3.51. The zero-order valence-corrected chi connectivity index (χ0v) is 11.2. The summed E-state index contributed by atoms with van der Waals surface area (Å²) in [6.07, 6.45) is 1.81. The Kier molecular flexibility index (Phi) is 4.55. The Hall–Kier alpha value is -0.820. The average molecular weight is 220 g/mol. The highest BCUT2D eigenvalue weighted by atomic mass is 16.3. The van der Waals surface area contributed by atoms with Crippen LogP contribution in [0.1, 0.15) is 42.5 Å². The smallest absolute Gasteiger partial charge is 0.0543 e. The van der Waals surface area contributed by atoms with Crippen molar-refractivity contribution in [3.8, 4) is 0 Å². The van der Waals surface area contributed by atoms with Gasteiger partial charge in [-0.3, -0.25) is 0 Å². The molecule has 0 spiro atoms. The lowest BCUT2D eigenvalue weighted by Crippen LogP contribution is -2.19. The Balaban J connectivity index is 2.96. The Bertz CT molecular complexity index is 329. The van der Waals surface area contributed by atoms with Crippen LogP contribution in [-0.4, -0.2) is 11.2 Å². The summed E-state index contributed by atoms with van der Waals surface area (Å²) in [5.41, 5.74) is 5.45. The van der Waals surface area contributed by atoms with Crippen LogP contribution < -0.4 is 0 Å². The first-order valence-corrected chi connectivity index (χ1v) is 6.20. The maximum Gasteiger partial charge on any atom is 0.0543 e. The average Bonchev–Trinajstić information content (AvgIpc) is 2.15. The molecule has 0 aromatic heterocycles. The second-order valence-electron chi connectivity index (χ2n) is 4.99. The lowest BCUT2D eigenvalue weighted by Gasteiger charge is -2.21. The highest BCUT2D eigenvalue weighted by molar-refractivity contribution is 5.37. The maximum atomic E-state index is 9.71. The molecular weight excluding hydrogens is 196 g/mol. The van der Waals surface area contributed by atoms with Crippen molar-refractivity contribution >= 4 is 0 Å². The van der Waals surface area contributed by atoms with E-state index >= 15 is 0 Å². The van der Waals surface area contributed by atoms with Crippen molar-refractivity contribution in [2.24, 2.45) is 5.92 Å². The highest BCUT2D eigenvalue weighted by Crippen LogP contribution is 2.23. The molecule has 0 heterocycles. The minimum atomic E-state index is -0.217. The van der Waals surface area contributed by atoms with E-state index in [-0.39, 0.29) is 6.10 Å². The van der Waals surface area contributed by atoms with Crippen molar-refractivity contribution in [3.63, 3.8) is 0 Å². The third-order valence-electron chi connectivity index (χ3n) is 3.51. The van der Waals surface area contributed by atoms with Gasteiger partial charge in [0, 0.05) is 0 Å². The molecule has 16 heavy (non-hydrogen) atoms. The number of hydrogen-bond donors (Lipinski definition) is 1. The van der Waals surface area contributed by atoms with Crippen molar-refractivity contribution < 1.29 is 5.11 Å². The van der Waals surface area contributed by atoms with Gasteiger partial charge in [0.2, 0.25) is 0 Å². The van der Waals surface area contributed by atoms with E-state index in [1.165, 1.54) is 22.3 Å². The quantitative estimate of drug-likeness (QED) is 0.822. The second kappa shape index (κ2) is 5.49. The molecule has 0 amide bonds. The van der Waals surface area contributed by atoms with Crippen LogP contribution in [-0.2, 0) is 6.42 Å². The van der Waals surface area contributed by atoms with Gasteiger partial charge in [-0.2, -0.15) is 0 Å². The zero-order chi connectivity index (χ0) is 12.3. The lowest BCUT2D eigenvalue weighted by molar-refractivity contribution is 0.123. The molecule has 1 rings (SSSR count). The van der Waals surface area contributed by atoms with Crippen LogP contribution in [0.4, 0.5) is 0 Å². The first kappa shape index (κ1) is 13.2. The molecular formula is C15H24O. The first-order valence-electron chi connectivity index (χ1n) is 6.20. The summed E-state index contributed by atoms with van der Waals surface area (Å²) in [7, 11) is 0. The van der Waals surface area contributed by atoms with Gasteiger partial charge in [-0.05, 0) is 56.7 Å². The van der Waals surface area contributed by atoms with Gasteiger partial charge in [0.05, 0.1) is 6.10 Å². The molecule has 0 fully saturated rings. The van der Waals surface area contributed by atoms with Crippen LogP contribution in [0.15, 0.2) is 12.1 Å². The Labute approximate surface area is 99.5 Å². The second-order valence-corrected chi connectivity index (χ2v) is 4.99. The van der Waals surface area contributed by atoms with Crippen LogP contribution in [0.2, 0.25) is 0 Å². The van der Waals surface area contributed by atoms with E-state index in [0.717, 1.165) is 12.8 Å². The number of hydrogen-bond acceptors (Lipinski definition) is 1. The molecule has 90 valence electrons. The topological polar surface area (TPSA) is 20.2 Å². The van der Waals surface area contributed by atoms with Crippen LogP contribution >= 0.6 is 0 Å². The maximum absolute atomic E-state index is 9.71. The lowest BCUT2D eigenvalue weighted by atomic mass is 9.87. The van der Waals surface area contributed by atoms with Crippen molar-refractivity contribution in [1.82, 2.24) is 0 Å². The third kappa shape index (κ3) is 3.08. The summed E-state index contributed by atoms with van der Waals surface area (Å²) in [5, 5.41) is 9.71. The van der Waals surface area contributed by atoms with Crippen LogP contribution in [0.5, 0.6) is 0 Å². The molecule has 1 nitrogen and oxygen atoms in total. The van der Waals surface area contributed by atoms with Gasteiger partial charge in [0.15, 0.2) is 0 Å². The van der Waals surface area contributed by atoms with Crippen molar-refractivity contribution in [2.75, 3.05) is 0 Å². The standard InChI is InChI=1S/C15H24O/c1-6-14(13(5)16)9-15-11(3)7-10(2)8-12(15)4/h7-8,13-14,16H,6,9H2,1-5H3. The molecule has 0 aliphatic heterocycles. The van der Waals surface area contributed by atoms with E-state index in [4.69, 9.17) is 0 Å². The molecule has 1 aromatic rings. The van der Waals surface area contributed by atoms with E-state index < -0.39 is 0 Å². The molecule has 1 aromatic carbocycles. The number of benzene rings is 1. The van der Waals surface area contributed by atoms with Crippen molar-refractivity contribution in [1.29, 1.82) is 0 Å². The summed E-state index contributed by atoms with van der Waals surface area (Å²) in [5.74, 6) is 0.375. The van der Waals surface area contributed by atoms with E-state index in [2.05, 4.69) is 39.8 Å². The molecule has 0 radical (unpaired) electrons.